The molecule has 1 aromatic rings. The predicted octanol–water partition coefficient (Wildman–Crippen LogP) is 1.52. The lowest BCUT2D eigenvalue weighted by molar-refractivity contribution is -0.134. The smallest absolute Gasteiger partial charge is 0.251 e. The van der Waals surface area contributed by atoms with E-state index in [2.05, 4.69) is 10.6 Å². The molecule has 0 saturated carbocycles. The van der Waals surface area contributed by atoms with Gasteiger partial charge in [0.2, 0.25) is 11.8 Å². The number of carbonyl (C=O) groups excluding carboxylic acids is 3. The summed E-state index contributed by atoms with van der Waals surface area (Å²) in [4.78, 5) is 40.2. The van der Waals surface area contributed by atoms with Crippen LogP contribution in [-0.4, -0.2) is 72.8 Å². The van der Waals surface area contributed by atoms with Gasteiger partial charge >= 0.3 is 0 Å². The number of amides is 3. The fraction of sp³-hybridized carbons (Fsp3) is 0.550. The first kappa shape index (κ1) is 22.2. The van der Waals surface area contributed by atoms with Gasteiger partial charge in [0.1, 0.15) is 0 Å². The van der Waals surface area contributed by atoms with Crippen LogP contribution < -0.4 is 10.6 Å². The molecular formula is C20H29ClN4O3. The van der Waals surface area contributed by atoms with E-state index in [0.29, 0.717) is 23.7 Å². The zero-order valence-electron chi connectivity index (χ0n) is 16.7. The minimum atomic E-state index is -0.168. The first-order chi connectivity index (χ1) is 13.2. The third kappa shape index (κ3) is 7.13. The van der Waals surface area contributed by atoms with Gasteiger partial charge in [-0.2, -0.15) is 0 Å². The highest BCUT2D eigenvalue weighted by molar-refractivity contribution is 6.30. The average molecular weight is 409 g/mol. The van der Waals surface area contributed by atoms with Crippen LogP contribution in [0.1, 0.15) is 37.0 Å². The molecule has 2 rings (SSSR count). The molecule has 1 atom stereocenters. The summed E-state index contributed by atoms with van der Waals surface area (Å²) in [7, 11) is 1.75. The lowest BCUT2D eigenvalue weighted by Crippen LogP contribution is -2.52. The Bertz CT molecular complexity index is 693. The maximum absolute atomic E-state index is 12.6. The second-order valence-electron chi connectivity index (χ2n) is 7.55. The van der Waals surface area contributed by atoms with Gasteiger partial charge in [-0.1, -0.05) is 11.6 Å². The van der Waals surface area contributed by atoms with Gasteiger partial charge in [-0.15, -0.1) is 0 Å². The highest BCUT2D eigenvalue weighted by Crippen LogP contribution is 2.13. The van der Waals surface area contributed by atoms with Gasteiger partial charge in [-0.05, 0) is 58.0 Å². The van der Waals surface area contributed by atoms with Crippen molar-refractivity contribution in [3.8, 4) is 0 Å². The predicted molar refractivity (Wildman–Crippen MR) is 109 cm³/mol. The van der Waals surface area contributed by atoms with Crippen molar-refractivity contribution in [3.63, 3.8) is 0 Å². The number of piperidine rings is 1. The second-order valence-corrected chi connectivity index (χ2v) is 7.99. The molecule has 154 valence electrons. The van der Waals surface area contributed by atoms with E-state index < -0.39 is 0 Å². The Kier molecular flexibility index (Phi) is 8.26. The number of nitrogens with one attached hydrogen (secondary N) is 2. The summed E-state index contributed by atoms with van der Waals surface area (Å²) < 4.78 is 0. The maximum Gasteiger partial charge on any atom is 0.251 e. The van der Waals surface area contributed by atoms with Gasteiger partial charge in [0.05, 0.1) is 13.1 Å². The maximum atomic E-state index is 12.6. The van der Waals surface area contributed by atoms with Crippen molar-refractivity contribution in [1.29, 1.82) is 0 Å². The normalized spacial score (nSPS) is 16.9. The van der Waals surface area contributed by atoms with Crippen LogP contribution in [0, 0.1) is 0 Å². The van der Waals surface area contributed by atoms with Crippen LogP contribution in [0.15, 0.2) is 24.3 Å². The molecule has 1 saturated heterocycles. The number of hydrogen-bond donors (Lipinski definition) is 2. The Morgan fingerprint density at radius 3 is 2.54 bits per heavy atom. The molecule has 0 aliphatic carbocycles. The molecule has 1 aromatic carbocycles. The molecular weight excluding hydrogens is 380 g/mol. The van der Waals surface area contributed by atoms with Crippen LogP contribution in [0.4, 0.5) is 0 Å². The summed E-state index contributed by atoms with van der Waals surface area (Å²) in [5.41, 5.74) is 0.545. The van der Waals surface area contributed by atoms with Crippen molar-refractivity contribution in [2.24, 2.45) is 0 Å². The van der Waals surface area contributed by atoms with E-state index >= 15 is 0 Å². The number of hydrogen-bond acceptors (Lipinski definition) is 4. The summed E-state index contributed by atoms with van der Waals surface area (Å²) in [6.45, 7) is 5.28. The van der Waals surface area contributed by atoms with Gasteiger partial charge in [0, 0.05) is 35.8 Å². The molecule has 28 heavy (non-hydrogen) atoms. The van der Waals surface area contributed by atoms with Crippen molar-refractivity contribution in [2.75, 3.05) is 33.2 Å². The average Bonchev–Trinajstić information content (AvgIpc) is 2.61. The van der Waals surface area contributed by atoms with Crippen molar-refractivity contribution in [3.05, 3.63) is 34.9 Å². The van der Waals surface area contributed by atoms with Gasteiger partial charge in [-0.3, -0.25) is 19.3 Å². The van der Waals surface area contributed by atoms with Gasteiger partial charge < -0.3 is 15.5 Å². The minimum absolute atomic E-state index is 0.0368. The molecule has 7 nitrogen and oxygen atoms in total. The molecule has 0 bridgehead atoms. The first-order valence-corrected chi connectivity index (χ1v) is 9.94. The Hall–Kier alpha value is -2.12. The van der Waals surface area contributed by atoms with E-state index in [0.717, 1.165) is 12.8 Å². The quantitative estimate of drug-likeness (QED) is 0.716. The van der Waals surface area contributed by atoms with Crippen LogP contribution in [0.2, 0.25) is 5.02 Å². The third-order valence-corrected chi connectivity index (χ3v) is 4.74. The fourth-order valence-electron chi connectivity index (χ4n) is 3.19. The summed E-state index contributed by atoms with van der Waals surface area (Å²) in [6.07, 6.45) is 1.66. The zero-order valence-corrected chi connectivity index (χ0v) is 17.5. The largest absolute Gasteiger partial charge is 0.353 e. The molecule has 0 aromatic heterocycles. The number of likely N-dealkylation sites (N-methyl/N-ethyl adjacent to an activating group) is 1. The van der Waals surface area contributed by atoms with E-state index in [1.165, 1.54) is 0 Å². The molecule has 1 unspecified atom stereocenters. The Morgan fingerprint density at radius 1 is 1.21 bits per heavy atom. The second kappa shape index (κ2) is 10.4. The first-order valence-electron chi connectivity index (χ1n) is 9.56. The molecule has 8 heteroatoms. The molecule has 1 heterocycles. The number of likely N-dealkylation sites (tertiary alicyclic amines) is 1. The van der Waals surface area contributed by atoms with E-state index in [1.54, 1.807) is 41.1 Å². The summed E-state index contributed by atoms with van der Waals surface area (Å²) in [6, 6.07) is 6.71. The molecule has 0 spiro atoms. The standard InChI is InChI=1S/C20H29ClN4O3/c1-14(2)22-18(26)12-24(3)13-19(27)25-10-4-5-17(11-25)23-20(28)15-6-8-16(21)9-7-15/h6-9,14,17H,4-5,10-13H2,1-3H3,(H,22,26)(H,23,28). The Balaban J connectivity index is 1.82. The molecule has 2 N–H and O–H groups in total. The summed E-state index contributed by atoms with van der Waals surface area (Å²) >= 11 is 5.85. The van der Waals surface area contributed by atoms with Crippen molar-refractivity contribution >= 4 is 29.3 Å². The lowest BCUT2D eigenvalue weighted by Gasteiger charge is -2.34. The fourth-order valence-corrected chi connectivity index (χ4v) is 3.32. The van der Waals surface area contributed by atoms with Crippen LogP contribution in [0.5, 0.6) is 0 Å². The molecule has 1 fully saturated rings. The number of halogens is 1. The highest BCUT2D eigenvalue weighted by atomic mass is 35.5. The van der Waals surface area contributed by atoms with Gasteiger partial charge in [-0.25, -0.2) is 0 Å². The Morgan fingerprint density at radius 2 is 1.89 bits per heavy atom. The summed E-state index contributed by atoms with van der Waals surface area (Å²) in [5, 5.41) is 6.39. The minimum Gasteiger partial charge on any atom is -0.353 e. The topological polar surface area (TPSA) is 81.8 Å². The van der Waals surface area contributed by atoms with Crippen molar-refractivity contribution < 1.29 is 14.4 Å². The van der Waals surface area contributed by atoms with Crippen molar-refractivity contribution in [2.45, 2.75) is 38.8 Å². The monoisotopic (exact) mass is 408 g/mol. The lowest BCUT2D eigenvalue weighted by atomic mass is 10.0. The molecule has 1 aliphatic rings. The van der Waals surface area contributed by atoms with E-state index in [1.807, 2.05) is 13.8 Å². The SMILES string of the molecule is CC(C)NC(=O)CN(C)CC(=O)N1CCCC(NC(=O)c2ccc(Cl)cc2)C1. The van der Waals surface area contributed by atoms with Crippen LogP contribution in [0.25, 0.3) is 0 Å². The van der Waals surface area contributed by atoms with Gasteiger partial charge in [0.25, 0.3) is 5.91 Å². The van der Waals surface area contributed by atoms with Crippen LogP contribution in [0.3, 0.4) is 0 Å². The van der Waals surface area contributed by atoms with E-state index in [4.69, 9.17) is 11.6 Å². The molecule has 1 aliphatic heterocycles. The Labute approximate surface area is 171 Å². The molecule has 0 radical (unpaired) electrons. The number of benzene rings is 1. The third-order valence-electron chi connectivity index (χ3n) is 4.48. The van der Waals surface area contributed by atoms with Crippen LogP contribution >= 0.6 is 11.6 Å². The van der Waals surface area contributed by atoms with E-state index in [9.17, 15) is 14.4 Å². The summed E-state index contributed by atoms with van der Waals surface area (Å²) in [5.74, 6) is -0.305. The van der Waals surface area contributed by atoms with Crippen molar-refractivity contribution in [1.82, 2.24) is 20.4 Å². The highest BCUT2D eigenvalue weighted by Gasteiger charge is 2.26. The van der Waals surface area contributed by atoms with Gasteiger partial charge in [0.15, 0.2) is 0 Å². The number of carbonyl (C=O) groups is 3. The number of rotatable bonds is 7. The van der Waals surface area contributed by atoms with Crippen LogP contribution in [-0.2, 0) is 9.59 Å². The van der Waals surface area contributed by atoms with E-state index in [-0.39, 0.29) is 42.9 Å². The number of nitrogens with zero attached hydrogens (tertiary/aromatic N) is 2. The molecule has 3 amide bonds. The zero-order chi connectivity index (χ0) is 20.7.